The standard InChI is InChI=1S/C12H11N.C2H6/c13-12-8-4-7-11(9-12)10-5-2-1-3-6-10;1-2/h1-9H,13H2;1-2H3. The van der Waals surface area contributed by atoms with Crippen LogP contribution in [0.2, 0.25) is 0 Å². The van der Waals surface area contributed by atoms with E-state index >= 15 is 0 Å². The second-order valence-electron chi connectivity index (χ2n) is 2.99. The van der Waals surface area contributed by atoms with E-state index in [2.05, 4.69) is 18.2 Å². The lowest BCUT2D eigenvalue weighted by Gasteiger charge is -2.01. The molecular weight excluding hydrogens is 182 g/mol. The van der Waals surface area contributed by atoms with Crippen LogP contribution in [-0.4, -0.2) is 0 Å². The molecule has 2 aromatic carbocycles. The fraction of sp³-hybridized carbons (Fsp3) is 0.143. The quantitative estimate of drug-likeness (QED) is 0.691. The van der Waals surface area contributed by atoms with Crippen molar-refractivity contribution in [2.24, 2.45) is 0 Å². The van der Waals surface area contributed by atoms with Crippen LogP contribution >= 0.6 is 0 Å². The Balaban J connectivity index is 0.000000531. The van der Waals surface area contributed by atoms with Gasteiger partial charge in [-0.15, -0.1) is 0 Å². The zero-order valence-corrected chi connectivity index (χ0v) is 9.27. The lowest BCUT2D eigenvalue weighted by molar-refractivity contribution is 1.50. The van der Waals surface area contributed by atoms with Gasteiger partial charge in [-0.25, -0.2) is 0 Å². The van der Waals surface area contributed by atoms with Gasteiger partial charge in [-0.3, -0.25) is 0 Å². The van der Waals surface area contributed by atoms with Crippen molar-refractivity contribution in [1.82, 2.24) is 0 Å². The van der Waals surface area contributed by atoms with Gasteiger partial charge in [-0.2, -0.15) is 0 Å². The van der Waals surface area contributed by atoms with Gasteiger partial charge in [0.2, 0.25) is 0 Å². The maximum absolute atomic E-state index is 5.70. The van der Waals surface area contributed by atoms with E-state index in [0.29, 0.717) is 0 Å². The third-order valence-electron chi connectivity index (χ3n) is 1.99. The van der Waals surface area contributed by atoms with Gasteiger partial charge in [0, 0.05) is 5.69 Å². The van der Waals surface area contributed by atoms with Crippen molar-refractivity contribution in [3.8, 4) is 11.1 Å². The van der Waals surface area contributed by atoms with Crippen molar-refractivity contribution in [2.45, 2.75) is 13.8 Å². The summed E-state index contributed by atoms with van der Waals surface area (Å²) in [7, 11) is 0. The fourth-order valence-corrected chi connectivity index (χ4v) is 1.35. The number of anilines is 1. The summed E-state index contributed by atoms with van der Waals surface area (Å²) in [4.78, 5) is 0. The van der Waals surface area contributed by atoms with E-state index in [1.54, 1.807) is 0 Å². The van der Waals surface area contributed by atoms with Crippen LogP contribution in [0.4, 0.5) is 5.69 Å². The smallest absolute Gasteiger partial charge is 0.0320 e. The van der Waals surface area contributed by atoms with E-state index in [-0.39, 0.29) is 0 Å². The third-order valence-corrected chi connectivity index (χ3v) is 1.99. The number of benzene rings is 2. The van der Waals surface area contributed by atoms with Gasteiger partial charge in [-0.05, 0) is 23.3 Å². The van der Waals surface area contributed by atoms with Gasteiger partial charge in [0.1, 0.15) is 0 Å². The molecule has 2 N–H and O–H groups in total. The molecule has 0 aliphatic carbocycles. The number of hydrogen-bond donors (Lipinski definition) is 1. The Hall–Kier alpha value is -1.76. The molecule has 0 heterocycles. The van der Waals surface area contributed by atoms with Crippen LogP contribution in [0.15, 0.2) is 54.6 Å². The van der Waals surface area contributed by atoms with Crippen molar-refractivity contribution >= 4 is 5.69 Å². The first-order chi connectivity index (χ1) is 7.36. The van der Waals surface area contributed by atoms with Crippen LogP contribution in [0.1, 0.15) is 13.8 Å². The van der Waals surface area contributed by atoms with Gasteiger partial charge < -0.3 is 5.73 Å². The van der Waals surface area contributed by atoms with Crippen molar-refractivity contribution in [3.05, 3.63) is 54.6 Å². The molecule has 2 rings (SSSR count). The second-order valence-corrected chi connectivity index (χ2v) is 2.99. The predicted molar refractivity (Wildman–Crippen MR) is 67.6 cm³/mol. The molecule has 15 heavy (non-hydrogen) atoms. The van der Waals surface area contributed by atoms with Crippen LogP contribution in [0.3, 0.4) is 0 Å². The Morgan fingerprint density at radius 3 is 1.93 bits per heavy atom. The van der Waals surface area contributed by atoms with E-state index in [0.717, 1.165) is 5.69 Å². The summed E-state index contributed by atoms with van der Waals surface area (Å²) >= 11 is 0. The summed E-state index contributed by atoms with van der Waals surface area (Å²) in [5.74, 6) is 0. The van der Waals surface area contributed by atoms with E-state index < -0.39 is 0 Å². The molecule has 0 radical (unpaired) electrons. The molecule has 0 amide bonds. The molecule has 1 nitrogen and oxygen atoms in total. The van der Waals surface area contributed by atoms with Gasteiger partial charge in [0.05, 0.1) is 0 Å². The third kappa shape index (κ3) is 3.13. The minimum absolute atomic E-state index is 0.807. The lowest BCUT2D eigenvalue weighted by atomic mass is 10.1. The molecule has 0 fully saturated rings. The monoisotopic (exact) mass is 199 g/mol. The summed E-state index contributed by atoms with van der Waals surface area (Å²) in [5.41, 5.74) is 8.87. The summed E-state index contributed by atoms with van der Waals surface area (Å²) in [6.45, 7) is 4.00. The molecule has 0 spiro atoms. The first-order valence-corrected chi connectivity index (χ1v) is 5.27. The molecule has 0 saturated heterocycles. The van der Waals surface area contributed by atoms with Gasteiger partial charge in [-0.1, -0.05) is 56.3 Å². The first kappa shape index (κ1) is 11.3. The SMILES string of the molecule is CC.Nc1cccc(-c2ccccc2)c1. The molecule has 0 bridgehead atoms. The fourth-order valence-electron chi connectivity index (χ4n) is 1.35. The molecule has 0 unspecified atom stereocenters. The van der Waals surface area contributed by atoms with E-state index in [1.807, 2.05) is 50.2 Å². The Morgan fingerprint density at radius 2 is 1.33 bits per heavy atom. The highest BCUT2D eigenvalue weighted by atomic mass is 14.5. The Labute approximate surface area is 91.6 Å². The minimum Gasteiger partial charge on any atom is -0.399 e. The predicted octanol–water partition coefficient (Wildman–Crippen LogP) is 3.96. The number of rotatable bonds is 1. The average molecular weight is 199 g/mol. The highest BCUT2D eigenvalue weighted by Crippen LogP contribution is 2.20. The summed E-state index contributed by atoms with van der Waals surface area (Å²) in [5, 5.41) is 0. The van der Waals surface area contributed by atoms with Crippen molar-refractivity contribution in [1.29, 1.82) is 0 Å². The molecule has 0 aromatic heterocycles. The molecule has 1 heteroatoms. The van der Waals surface area contributed by atoms with Crippen LogP contribution in [-0.2, 0) is 0 Å². The highest BCUT2D eigenvalue weighted by molar-refractivity contribution is 5.66. The highest BCUT2D eigenvalue weighted by Gasteiger charge is 1.94. The molecule has 0 aliphatic heterocycles. The lowest BCUT2D eigenvalue weighted by Crippen LogP contribution is -1.84. The Kier molecular flexibility index (Phi) is 4.42. The van der Waals surface area contributed by atoms with Crippen molar-refractivity contribution in [2.75, 3.05) is 5.73 Å². The van der Waals surface area contributed by atoms with E-state index in [9.17, 15) is 0 Å². The maximum atomic E-state index is 5.70. The van der Waals surface area contributed by atoms with Crippen LogP contribution < -0.4 is 5.73 Å². The largest absolute Gasteiger partial charge is 0.399 e. The van der Waals surface area contributed by atoms with Crippen LogP contribution in [0, 0.1) is 0 Å². The average Bonchev–Trinajstić information content (AvgIpc) is 2.33. The summed E-state index contributed by atoms with van der Waals surface area (Å²) in [6.07, 6.45) is 0. The molecule has 2 aromatic rings. The van der Waals surface area contributed by atoms with E-state index in [4.69, 9.17) is 5.73 Å². The molecule has 78 valence electrons. The molecular formula is C14H17N. The first-order valence-electron chi connectivity index (χ1n) is 5.27. The minimum atomic E-state index is 0.807. The van der Waals surface area contributed by atoms with Crippen molar-refractivity contribution < 1.29 is 0 Å². The zero-order valence-electron chi connectivity index (χ0n) is 9.27. The Morgan fingerprint density at radius 1 is 0.733 bits per heavy atom. The number of nitrogens with two attached hydrogens (primary N) is 1. The normalized spacial score (nSPS) is 8.93. The Bertz CT molecular complexity index is 393. The molecule has 0 aliphatic rings. The zero-order chi connectivity index (χ0) is 11.1. The molecule has 0 atom stereocenters. The van der Waals surface area contributed by atoms with Crippen molar-refractivity contribution in [3.63, 3.8) is 0 Å². The summed E-state index contributed by atoms with van der Waals surface area (Å²) in [6, 6.07) is 18.1. The van der Waals surface area contributed by atoms with E-state index in [1.165, 1.54) is 11.1 Å². The number of nitrogen functional groups attached to an aromatic ring is 1. The number of hydrogen-bond acceptors (Lipinski definition) is 1. The van der Waals surface area contributed by atoms with Crippen LogP contribution in [0.25, 0.3) is 11.1 Å². The van der Waals surface area contributed by atoms with Gasteiger partial charge in [0.15, 0.2) is 0 Å². The summed E-state index contributed by atoms with van der Waals surface area (Å²) < 4.78 is 0. The molecule has 0 saturated carbocycles. The van der Waals surface area contributed by atoms with Crippen LogP contribution in [0.5, 0.6) is 0 Å². The topological polar surface area (TPSA) is 26.0 Å². The maximum Gasteiger partial charge on any atom is 0.0320 e. The van der Waals surface area contributed by atoms with Gasteiger partial charge >= 0.3 is 0 Å². The second kappa shape index (κ2) is 5.86. The van der Waals surface area contributed by atoms with Gasteiger partial charge in [0.25, 0.3) is 0 Å².